The lowest BCUT2D eigenvalue weighted by molar-refractivity contribution is 0.669. The summed E-state index contributed by atoms with van der Waals surface area (Å²) in [5.74, 6) is 0.664. The largest absolute Gasteiger partial charge is 0.456 e. The molecule has 0 radical (unpaired) electrons. The summed E-state index contributed by atoms with van der Waals surface area (Å²) < 4.78 is 11.1. The van der Waals surface area contributed by atoms with Crippen LogP contribution in [-0.4, -0.2) is 19.1 Å². The van der Waals surface area contributed by atoms with Gasteiger partial charge in [0.05, 0.1) is 33.5 Å². The molecule has 5 heteroatoms. The summed E-state index contributed by atoms with van der Waals surface area (Å²) in [4.78, 5) is 10.7. The van der Waals surface area contributed by atoms with E-state index in [4.69, 9.17) is 14.4 Å². The van der Waals surface area contributed by atoms with Crippen molar-refractivity contribution in [3.8, 4) is 56.4 Å². The number of furan rings is 1. The average molecular weight is 805 g/mol. The van der Waals surface area contributed by atoms with Crippen molar-refractivity contribution in [3.05, 3.63) is 218 Å². The van der Waals surface area contributed by atoms with Crippen LogP contribution in [0.1, 0.15) is 0 Å². The highest BCUT2D eigenvalue weighted by Gasteiger charge is 2.20. The SMILES string of the molecule is c1ccc(-c2nc(-c3cccc(-c4cccc5oc6ccccc6c45)c3)cc(-c3cc(-n4c5ccccc5c5ccccc54)cc(-n4c5ccccc5c5ccccc54)c3)n2)cc1. The zero-order chi connectivity index (χ0) is 41.4. The summed E-state index contributed by atoms with van der Waals surface area (Å²) in [7, 11) is 0. The van der Waals surface area contributed by atoms with Crippen molar-refractivity contribution in [2.24, 2.45) is 0 Å². The number of para-hydroxylation sites is 5. The number of hydrogen-bond acceptors (Lipinski definition) is 3. The third kappa shape index (κ3) is 5.64. The Labute approximate surface area is 362 Å². The Morgan fingerprint density at radius 1 is 0.317 bits per heavy atom. The first-order valence-corrected chi connectivity index (χ1v) is 21.3. The van der Waals surface area contributed by atoms with E-state index in [2.05, 4.69) is 191 Å². The molecule has 5 nitrogen and oxygen atoms in total. The molecule has 0 bridgehead atoms. The van der Waals surface area contributed by atoms with Crippen LogP contribution in [0.3, 0.4) is 0 Å². The van der Waals surface area contributed by atoms with E-state index < -0.39 is 0 Å². The Morgan fingerprint density at radius 2 is 0.778 bits per heavy atom. The maximum absolute atomic E-state index is 6.30. The number of benzene rings is 9. The highest BCUT2D eigenvalue weighted by atomic mass is 16.3. The van der Waals surface area contributed by atoms with Crippen LogP contribution in [0.15, 0.2) is 223 Å². The van der Waals surface area contributed by atoms with Gasteiger partial charge < -0.3 is 13.6 Å². The van der Waals surface area contributed by atoms with E-state index in [1.807, 2.05) is 36.4 Å². The molecule has 0 saturated carbocycles. The molecule has 0 aliphatic heterocycles. The molecule has 0 saturated heterocycles. The van der Waals surface area contributed by atoms with Gasteiger partial charge in [0.25, 0.3) is 0 Å². The van der Waals surface area contributed by atoms with Crippen molar-refractivity contribution in [2.75, 3.05) is 0 Å². The van der Waals surface area contributed by atoms with Crippen LogP contribution in [-0.2, 0) is 0 Å². The number of hydrogen-bond donors (Lipinski definition) is 0. The lowest BCUT2D eigenvalue weighted by Crippen LogP contribution is -2.01. The molecule has 0 atom stereocenters. The first-order valence-electron chi connectivity index (χ1n) is 21.3. The van der Waals surface area contributed by atoms with Gasteiger partial charge >= 0.3 is 0 Å². The topological polar surface area (TPSA) is 48.8 Å². The fourth-order valence-electron chi connectivity index (χ4n) is 9.72. The molecular formula is C58H36N4O. The summed E-state index contributed by atoms with van der Waals surface area (Å²) in [6, 6.07) is 77.4. The predicted molar refractivity (Wildman–Crippen MR) is 260 cm³/mol. The minimum Gasteiger partial charge on any atom is -0.456 e. The van der Waals surface area contributed by atoms with Gasteiger partial charge in [-0.3, -0.25) is 0 Å². The number of rotatable bonds is 6. The van der Waals surface area contributed by atoms with E-state index in [0.29, 0.717) is 5.82 Å². The fraction of sp³-hybridized carbons (Fsp3) is 0. The van der Waals surface area contributed by atoms with Crippen LogP contribution in [0.25, 0.3) is 122 Å². The zero-order valence-electron chi connectivity index (χ0n) is 34.0. The van der Waals surface area contributed by atoms with Gasteiger partial charge in [0, 0.05) is 60.4 Å². The molecule has 0 fully saturated rings. The monoisotopic (exact) mass is 804 g/mol. The van der Waals surface area contributed by atoms with Crippen molar-refractivity contribution in [1.82, 2.24) is 19.1 Å². The van der Waals surface area contributed by atoms with Crippen LogP contribution in [0.4, 0.5) is 0 Å². The summed E-state index contributed by atoms with van der Waals surface area (Å²) >= 11 is 0. The molecule has 0 unspecified atom stereocenters. The summed E-state index contributed by atoms with van der Waals surface area (Å²) in [6.45, 7) is 0. The smallest absolute Gasteiger partial charge is 0.160 e. The maximum atomic E-state index is 6.30. The van der Waals surface area contributed by atoms with E-state index in [9.17, 15) is 0 Å². The first kappa shape index (κ1) is 35.2. The highest BCUT2D eigenvalue weighted by molar-refractivity contribution is 6.13. The number of nitrogens with zero attached hydrogens (tertiary/aromatic N) is 4. The molecule has 9 aromatic carbocycles. The van der Waals surface area contributed by atoms with E-state index in [0.717, 1.165) is 94.6 Å². The number of fused-ring (bicyclic) bond motifs is 9. The Hall–Kier alpha value is -8.54. The lowest BCUT2D eigenvalue weighted by Gasteiger charge is -2.16. The standard InChI is InChI=1S/C58H36N4O/c1-2-16-37(17-3-1)58-59-49(39-19-14-18-38(32-39)43-25-15-31-56-57(43)48-24-8-13-30-55(48)63-56)36-50(60-58)40-33-41(61-51-26-9-4-20-44(51)45-21-5-10-27-52(45)61)35-42(34-40)62-53-28-11-6-22-46(53)47-23-7-12-29-54(47)62/h1-36H. The summed E-state index contributed by atoms with van der Waals surface area (Å²) in [5.41, 5.74) is 15.3. The summed E-state index contributed by atoms with van der Waals surface area (Å²) in [5, 5.41) is 7.07. The van der Waals surface area contributed by atoms with Crippen molar-refractivity contribution in [3.63, 3.8) is 0 Å². The van der Waals surface area contributed by atoms with E-state index in [1.54, 1.807) is 0 Å². The average Bonchev–Trinajstić information content (AvgIpc) is 4.02. The molecule has 0 aliphatic carbocycles. The van der Waals surface area contributed by atoms with Crippen LogP contribution >= 0.6 is 0 Å². The maximum Gasteiger partial charge on any atom is 0.160 e. The second-order valence-electron chi connectivity index (χ2n) is 16.2. The molecule has 0 spiro atoms. The Morgan fingerprint density at radius 3 is 1.38 bits per heavy atom. The second kappa shape index (κ2) is 14.0. The van der Waals surface area contributed by atoms with Crippen LogP contribution in [0, 0.1) is 0 Å². The van der Waals surface area contributed by atoms with Gasteiger partial charge in [0.2, 0.25) is 0 Å². The predicted octanol–water partition coefficient (Wildman–Crippen LogP) is 15.2. The third-order valence-corrected chi connectivity index (χ3v) is 12.5. The molecule has 0 amide bonds. The van der Waals surface area contributed by atoms with Crippen LogP contribution in [0.2, 0.25) is 0 Å². The normalized spacial score (nSPS) is 11.8. The van der Waals surface area contributed by atoms with Gasteiger partial charge in [-0.15, -0.1) is 0 Å². The van der Waals surface area contributed by atoms with Crippen molar-refractivity contribution in [2.45, 2.75) is 0 Å². The third-order valence-electron chi connectivity index (χ3n) is 12.5. The molecule has 294 valence electrons. The highest BCUT2D eigenvalue weighted by Crippen LogP contribution is 2.40. The quantitative estimate of drug-likeness (QED) is 0.168. The van der Waals surface area contributed by atoms with Gasteiger partial charge in [-0.05, 0) is 77.9 Å². The molecule has 0 N–H and O–H groups in total. The van der Waals surface area contributed by atoms with E-state index in [-0.39, 0.29) is 0 Å². The van der Waals surface area contributed by atoms with Gasteiger partial charge in [0.15, 0.2) is 5.82 Å². The van der Waals surface area contributed by atoms with Crippen molar-refractivity contribution < 1.29 is 4.42 Å². The van der Waals surface area contributed by atoms with E-state index >= 15 is 0 Å². The van der Waals surface area contributed by atoms with Gasteiger partial charge in [-0.25, -0.2) is 9.97 Å². The van der Waals surface area contributed by atoms with Crippen molar-refractivity contribution in [1.29, 1.82) is 0 Å². The Bertz CT molecular complexity index is 3690. The zero-order valence-corrected chi connectivity index (χ0v) is 34.0. The van der Waals surface area contributed by atoms with Crippen LogP contribution < -0.4 is 0 Å². The van der Waals surface area contributed by atoms with Gasteiger partial charge in [-0.2, -0.15) is 0 Å². The van der Waals surface area contributed by atoms with Gasteiger partial charge in [0.1, 0.15) is 11.2 Å². The molecular weight excluding hydrogens is 769 g/mol. The second-order valence-corrected chi connectivity index (χ2v) is 16.2. The molecule has 4 aromatic heterocycles. The Kier molecular flexibility index (Phi) is 7.84. The molecule has 13 rings (SSSR count). The molecule has 13 aromatic rings. The molecule has 4 heterocycles. The minimum absolute atomic E-state index is 0.664. The summed E-state index contributed by atoms with van der Waals surface area (Å²) in [6.07, 6.45) is 0. The van der Waals surface area contributed by atoms with Gasteiger partial charge in [-0.1, -0.05) is 152 Å². The Balaban J connectivity index is 1.07. The van der Waals surface area contributed by atoms with Crippen LogP contribution in [0.5, 0.6) is 0 Å². The number of aromatic nitrogens is 4. The molecule has 0 aliphatic rings. The minimum atomic E-state index is 0.664. The lowest BCUT2D eigenvalue weighted by atomic mass is 9.97. The first-order chi connectivity index (χ1) is 31.2. The van der Waals surface area contributed by atoms with E-state index in [1.165, 1.54) is 21.5 Å². The molecule has 63 heavy (non-hydrogen) atoms. The fourth-order valence-corrected chi connectivity index (χ4v) is 9.72. The van der Waals surface area contributed by atoms with Crippen molar-refractivity contribution >= 4 is 65.6 Å².